The van der Waals surface area contributed by atoms with Gasteiger partial charge in [-0.2, -0.15) is 0 Å². The summed E-state index contributed by atoms with van der Waals surface area (Å²) in [6.07, 6.45) is 4.16. The number of carbonyl (C=O) groups excluding carboxylic acids is 2. The van der Waals surface area contributed by atoms with Crippen LogP contribution in [-0.2, 0) is 14.3 Å². The number of hydrogen-bond acceptors (Lipinski definition) is 3. The second-order valence-corrected chi connectivity index (χ2v) is 2.64. The Morgan fingerprint density at radius 3 is 3.00 bits per heavy atom. The minimum Gasteiger partial charge on any atom is -0.455 e. The fourth-order valence-corrected chi connectivity index (χ4v) is 0.978. The zero-order valence-electron chi connectivity index (χ0n) is 6.32. The van der Waals surface area contributed by atoms with Crippen molar-refractivity contribution >= 4 is 12.3 Å². The molecule has 0 fully saturated rings. The average molecular weight is 154 g/mol. The third-order valence-corrected chi connectivity index (χ3v) is 1.70. The smallest absolute Gasteiger partial charge is 0.331 e. The average Bonchev–Trinajstić information content (AvgIpc) is 2.36. The van der Waals surface area contributed by atoms with Crippen molar-refractivity contribution in [3.05, 3.63) is 12.2 Å². The molecule has 1 aliphatic heterocycles. The molecule has 0 amide bonds. The van der Waals surface area contributed by atoms with Crippen molar-refractivity contribution < 1.29 is 14.3 Å². The van der Waals surface area contributed by atoms with E-state index >= 15 is 0 Å². The van der Waals surface area contributed by atoms with Gasteiger partial charge in [0.2, 0.25) is 0 Å². The lowest BCUT2D eigenvalue weighted by atomic mass is 10.0. The van der Waals surface area contributed by atoms with Gasteiger partial charge in [-0.05, 0) is 6.08 Å². The van der Waals surface area contributed by atoms with Gasteiger partial charge in [0.25, 0.3) is 0 Å². The number of hydrogen-bond donors (Lipinski definition) is 0. The first kappa shape index (κ1) is 7.98. The molecule has 0 aromatic carbocycles. The van der Waals surface area contributed by atoms with Crippen molar-refractivity contribution in [3.63, 3.8) is 0 Å². The maximum atomic E-state index is 10.6. The number of rotatable bonds is 3. The molecule has 0 spiro atoms. The lowest BCUT2D eigenvalue weighted by molar-refractivity contribution is -0.140. The van der Waals surface area contributed by atoms with E-state index in [4.69, 9.17) is 4.74 Å². The van der Waals surface area contributed by atoms with Crippen molar-refractivity contribution in [2.75, 3.05) is 0 Å². The van der Waals surface area contributed by atoms with Crippen molar-refractivity contribution in [3.8, 4) is 0 Å². The number of cyclic esters (lactones) is 1. The zero-order chi connectivity index (χ0) is 8.27. The molecule has 1 rings (SSSR count). The van der Waals surface area contributed by atoms with E-state index in [1.54, 1.807) is 6.08 Å². The van der Waals surface area contributed by atoms with Crippen LogP contribution < -0.4 is 0 Å². The molecule has 60 valence electrons. The molecule has 1 heterocycles. The number of esters is 1. The summed E-state index contributed by atoms with van der Waals surface area (Å²) >= 11 is 0. The highest BCUT2D eigenvalue weighted by molar-refractivity contribution is 5.84. The Morgan fingerprint density at radius 2 is 2.55 bits per heavy atom. The summed E-state index contributed by atoms with van der Waals surface area (Å²) < 4.78 is 4.87. The quantitative estimate of drug-likeness (QED) is 0.443. The van der Waals surface area contributed by atoms with Crippen molar-refractivity contribution in [1.29, 1.82) is 0 Å². The third kappa shape index (κ3) is 1.90. The molecule has 0 saturated heterocycles. The maximum absolute atomic E-state index is 10.6. The zero-order valence-corrected chi connectivity index (χ0v) is 6.32. The molecule has 1 aliphatic rings. The van der Waals surface area contributed by atoms with E-state index in [0.717, 1.165) is 6.29 Å². The minimum absolute atomic E-state index is 0.0928. The van der Waals surface area contributed by atoms with Gasteiger partial charge < -0.3 is 9.53 Å². The first-order chi connectivity index (χ1) is 5.24. The molecule has 3 nitrogen and oxygen atoms in total. The summed E-state index contributed by atoms with van der Waals surface area (Å²) in [4.78, 5) is 20.7. The Kier molecular flexibility index (Phi) is 2.41. The molecule has 11 heavy (non-hydrogen) atoms. The Hall–Kier alpha value is -1.12. The highest BCUT2D eigenvalue weighted by Gasteiger charge is 2.22. The Bertz CT molecular complexity index is 196. The second kappa shape index (κ2) is 3.32. The van der Waals surface area contributed by atoms with Gasteiger partial charge in [-0.25, -0.2) is 4.79 Å². The third-order valence-electron chi connectivity index (χ3n) is 1.70. The summed E-state index contributed by atoms with van der Waals surface area (Å²) in [5.74, 6) is -0.219. The van der Waals surface area contributed by atoms with Crippen LogP contribution in [0, 0.1) is 5.92 Å². The summed E-state index contributed by atoms with van der Waals surface area (Å²) in [5, 5.41) is 0. The molecule has 0 aromatic heterocycles. The monoisotopic (exact) mass is 154 g/mol. The molecule has 0 aromatic rings. The second-order valence-electron chi connectivity index (χ2n) is 2.64. The predicted molar refractivity (Wildman–Crippen MR) is 38.9 cm³/mol. The van der Waals surface area contributed by atoms with Crippen LogP contribution in [0.1, 0.15) is 13.3 Å². The van der Waals surface area contributed by atoms with Crippen molar-refractivity contribution in [2.45, 2.75) is 19.4 Å². The highest BCUT2D eigenvalue weighted by atomic mass is 16.5. The van der Waals surface area contributed by atoms with Gasteiger partial charge in [-0.1, -0.05) is 6.92 Å². The number of carbonyl (C=O) groups is 2. The summed E-state index contributed by atoms with van der Waals surface area (Å²) in [6.45, 7) is 1.88. The van der Waals surface area contributed by atoms with Gasteiger partial charge in [0, 0.05) is 18.4 Å². The standard InChI is InChI=1S/C8H10O3/c1-6(4-5-9)7-2-3-8(10)11-7/h2-3,5-7H,4H2,1H3. The first-order valence-electron chi connectivity index (χ1n) is 3.56. The molecule has 3 heteroatoms. The van der Waals surface area contributed by atoms with Crippen LogP contribution in [0.2, 0.25) is 0 Å². The Labute approximate surface area is 65.0 Å². The SMILES string of the molecule is CC(CC=O)C1C=CC(=O)O1. The van der Waals surface area contributed by atoms with E-state index in [1.807, 2.05) is 6.92 Å². The molecule has 0 radical (unpaired) electrons. The first-order valence-corrected chi connectivity index (χ1v) is 3.56. The topological polar surface area (TPSA) is 43.4 Å². The summed E-state index contributed by atoms with van der Waals surface area (Å²) in [5.41, 5.74) is 0. The summed E-state index contributed by atoms with van der Waals surface area (Å²) in [7, 11) is 0. The van der Waals surface area contributed by atoms with Gasteiger partial charge in [0.15, 0.2) is 0 Å². The van der Waals surface area contributed by atoms with Crippen LogP contribution in [-0.4, -0.2) is 18.4 Å². The molecule has 0 aliphatic carbocycles. The highest BCUT2D eigenvalue weighted by Crippen LogP contribution is 2.16. The fourth-order valence-electron chi connectivity index (χ4n) is 0.978. The normalized spacial score (nSPS) is 24.8. The van der Waals surface area contributed by atoms with Crippen molar-refractivity contribution in [2.24, 2.45) is 5.92 Å². The van der Waals surface area contributed by atoms with Crippen LogP contribution >= 0.6 is 0 Å². The maximum Gasteiger partial charge on any atom is 0.331 e. The lowest BCUT2D eigenvalue weighted by Gasteiger charge is -2.13. The van der Waals surface area contributed by atoms with Crippen molar-refractivity contribution in [1.82, 2.24) is 0 Å². The van der Waals surface area contributed by atoms with E-state index in [2.05, 4.69) is 0 Å². The fraction of sp³-hybridized carbons (Fsp3) is 0.500. The lowest BCUT2D eigenvalue weighted by Crippen LogP contribution is -2.17. The number of aldehydes is 1. The van der Waals surface area contributed by atoms with Crippen LogP contribution in [0.3, 0.4) is 0 Å². The van der Waals surface area contributed by atoms with E-state index in [1.165, 1.54) is 6.08 Å². The predicted octanol–water partition coefficient (Wildman–Crippen LogP) is 0.693. The Balaban J connectivity index is 2.43. The molecule has 0 saturated carbocycles. The van der Waals surface area contributed by atoms with Gasteiger partial charge in [0.05, 0.1) is 0 Å². The van der Waals surface area contributed by atoms with E-state index in [0.29, 0.717) is 6.42 Å². The molecule has 0 N–H and O–H groups in total. The Morgan fingerprint density at radius 1 is 1.82 bits per heavy atom. The van der Waals surface area contributed by atoms with Gasteiger partial charge in [-0.3, -0.25) is 0 Å². The molecular weight excluding hydrogens is 144 g/mol. The van der Waals surface area contributed by atoms with E-state index in [-0.39, 0.29) is 18.0 Å². The van der Waals surface area contributed by atoms with Crippen LogP contribution in [0.25, 0.3) is 0 Å². The van der Waals surface area contributed by atoms with Gasteiger partial charge in [0.1, 0.15) is 12.4 Å². The van der Waals surface area contributed by atoms with Gasteiger partial charge >= 0.3 is 5.97 Å². The van der Waals surface area contributed by atoms with Crippen LogP contribution in [0.15, 0.2) is 12.2 Å². The minimum atomic E-state index is -0.312. The number of ether oxygens (including phenoxy) is 1. The molecule has 2 unspecified atom stereocenters. The molecule has 2 atom stereocenters. The van der Waals surface area contributed by atoms with Gasteiger partial charge in [-0.15, -0.1) is 0 Å². The van der Waals surface area contributed by atoms with E-state index < -0.39 is 0 Å². The van der Waals surface area contributed by atoms with Crippen LogP contribution in [0.4, 0.5) is 0 Å². The molecular formula is C8H10O3. The molecule has 0 bridgehead atoms. The largest absolute Gasteiger partial charge is 0.455 e. The summed E-state index contributed by atoms with van der Waals surface area (Å²) in [6, 6.07) is 0. The van der Waals surface area contributed by atoms with E-state index in [9.17, 15) is 9.59 Å². The van der Waals surface area contributed by atoms with Crippen LogP contribution in [0.5, 0.6) is 0 Å².